The third-order valence-electron chi connectivity index (χ3n) is 1.58. The third-order valence-corrected chi connectivity index (χ3v) is 1.58. The van der Waals surface area contributed by atoms with Crippen molar-refractivity contribution in [2.45, 2.75) is 13.8 Å². The first-order chi connectivity index (χ1) is 6.25. The fourth-order valence-corrected chi connectivity index (χ4v) is 0.898. The lowest BCUT2D eigenvalue weighted by Gasteiger charge is -1.97. The van der Waals surface area contributed by atoms with E-state index in [1.165, 1.54) is 6.26 Å². The van der Waals surface area contributed by atoms with Crippen molar-refractivity contribution in [1.82, 2.24) is 5.32 Å². The molecule has 0 saturated carbocycles. The highest BCUT2D eigenvalue weighted by Crippen LogP contribution is 2.07. The van der Waals surface area contributed by atoms with Crippen molar-refractivity contribution in [2.24, 2.45) is 0 Å². The average molecular weight is 177 g/mol. The highest BCUT2D eigenvalue weighted by molar-refractivity contribution is 5.92. The number of hydrogen-bond acceptors (Lipinski definition) is 2. The summed E-state index contributed by atoms with van der Waals surface area (Å²) in [7, 11) is 0. The maximum Gasteiger partial charge on any atom is 0.288 e. The molecule has 68 valence electrons. The molecule has 1 rings (SSSR count). The molecule has 1 aromatic rings. The van der Waals surface area contributed by atoms with Crippen LogP contribution in [0.5, 0.6) is 0 Å². The highest BCUT2D eigenvalue weighted by atomic mass is 16.3. The third kappa shape index (κ3) is 2.38. The molecule has 0 aliphatic carbocycles. The van der Waals surface area contributed by atoms with Gasteiger partial charge in [0.25, 0.3) is 5.91 Å². The predicted octanol–water partition coefficient (Wildman–Crippen LogP) is 1.34. The summed E-state index contributed by atoms with van der Waals surface area (Å²) in [6, 6.07) is 1.75. The Morgan fingerprint density at radius 2 is 2.46 bits per heavy atom. The number of carbonyl (C=O) groups is 1. The van der Waals surface area contributed by atoms with Gasteiger partial charge in [-0.25, -0.2) is 0 Å². The van der Waals surface area contributed by atoms with Crippen LogP contribution in [0.2, 0.25) is 0 Å². The summed E-state index contributed by atoms with van der Waals surface area (Å²) >= 11 is 0. The van der Waals surface area contributed by atoms with Crippen molar-refractivity contribution >= 4 is 5.91 Å². The van der Waals surface area contributed by atoms with Crippen LogP contribution < -0.4 is 5.32 Å². The van der Waals surface area contributed by atoms with Crippen LogP contribution in [-0.4, -0.2) is 12.5 Å². The summed E-state index contributed by atoms with van der Waals surface area (Å²) in [4.78, 5) is 11.3. The lowest BCUT2D eigenvalue weighted by molar-refractivity contribution is 0.0930. The Morgan fingerprint density at radius 1 is 1.69 bits per heavy atom. The molecule has 0 radical (unpaired) electrons. The van der Waals surface area contributed by atoms with Gasteiger partial charge in [0.05, 0.1) is 12.8 Å². The fraction of sp³-hybridized carbons (Fsp3) is 0.300. The standard InChI is InChI=1S/C10H11NO2/c1-3-4-6-11-10(12)9-8(2)5-7-13-9/h5,7H,6H2,1-2H3,(H,11,12). The van der Waals surface area contributed by atoms with Crippen molar-refractivity contribution in [1.29, 1.82) is 0 Å². The molecule has 1 heterocycles. The monoisotopic (exact) mass is 177 g/mol. The molecular formula is C10H11NO2. The van der Waals surface area contributed by atoms with E-state index in [1.807, 2.05) is 6.92 Å². The van der Waals surface area contributed by atoms with E-state index >= 15 is 0 Å². The van der Waals surface area contributed by atoms with Crippen LogP contribution in [0.4, 0.5) is 0 Å². The van der Waals surface area contributed by atoms with E-state index in [-0.39, 0.29) is 5.91 Å². The Hall–Kier alpha value is -1.69. The van der Waals surface area contributed by atoms with E-state index < -0.39 is 0 Å². The van der Waals surface area contributed by atoms with Crippen molar-refractivity contribution in [3.05, 3.63) is 23.7 Å². The second-order valence-corrected chi connectivity index (χ2v) is 2.54. The zero-order valence-corrected chi connectivity index (χ0v) is 7.68. The molecule has 3 heteroatoms. The van der Waals surface area contributed by atoms with Crippen LogP contribution >= 0.6 is 0 Å². The van der Waals surface area contributed by atoms with Gasteiger partial charge in [-0.3, -0.25) is 4.79 Å². The van der Waals surface area contributed by atoms with Crippen LogP contribution in [0.15, 0.2) is 16.7 Å². The fourth-order valence-electron chi connectivity index (χ4n) is 0.898. The molecule has 0 fully saturated rings. The van der Waals surface area contributed by atoms with Gasteiger partial charge in [0.15, 0.2) is 5.76 Å². The number of aryl methyl sites for hydroxylation is 1. The molecule has 0 aromatic carbocycles. The summed E-state index contributed by atoms with van der Waals surface area (Å²) < 4.78 is 5.00. The largest absolute Gasteiger partial charge is 0.459 e. The number of furan rings is 1. The molecule has 13 heavy (non-hydrogen) atoms. The van der Waals surface area contributed by atoms with Crippen LogP contribution in [0.3, 0.4) is 0 Å². The molecule has 0 aliphatic rings. The van der Waals surface area contributed by atoms with Crippen molar-refractivity contribution < 1.29 is 9.21 Å². The smallest absolute Gasteiger partial charge is 0.288 e. The summed E-state index contributed by atoms with van der Waals surface area (Å²) in [5, 5.41) is 2.62. The topological polar surface area (TPSA) is 42.2 Å². The minimum atomic E-state index is -0.217. The van der Waals surface area contributed by atoms with Gasteiger partial charge in [0, 0.05) is 5.56 Å². The Bertz CT molecular complexity index is 354. The first-order valence-electron chi connectivity index (χ1n) is 3.97. The zero-order chi connectivity index (χ0) is 9.68. The molecule has 1 N–H and O–H groups in total. The van der Waals surface area contributed by atoms with Crippen LogP contribution in [0.25, 0.3) is 0 Å². The minimum Gasteiger partial charge on any atom is -0.459 e. The van der Waals surface area contributed by atoms with Crippen molar-refractivity contribution in [3.63, 3.8) is 0 Å². The average Bonchev–Trinajstić information content (AvgIpc) is 2.52. The normalized spacial score (nSPS) is 8.77. The molecule has 1 aromatic heterocycles. The van der Waals surface area contributed by atoms with Crippen molar-refractivity contribution in [3.8, 4) is 11.8 Å². The molecule has 0 saturated heterocycles. The van der Waals surface area contributed by atoms with E-state index in [0.29, 0.717) is 12.3 Å². The van der Waals surface area contributed by atoms with Gasteiger partial charge < -0.3 is 9.73 Å². The molecule has 0 aliphatic heterocycles. The number of rotatable bonds is 2. The maximum atomic E-state index is 11.3. The van der Waals surface area contributed by atoms with E-state index in [1.54, 1.807) is 13.0 Å². The summed E-state index contributed by atoms with van der Waals surface area (Å²) in [5.74, 6) is 5.57. The number of nitrogens with one attached hydrogen (secondary N) is 1. The molecular weight excluding hydrogens is 166 g/mol. The van der Waals surface area contributed by atoms with E-state index in [2.05, 4.69) is 17.2 Å². The van der Waals surface area contributed by atoms with Gasteiger partial charge in [-0.05, 0) is 19.9 Å². The summed E-state index contributed by atoms with van der Waals surface area (Å²) in [6.45, 7) is 3.91. The molecule has 1 amide bonds. The SMILES string of the molecule is CC#CCNC(=O)c1occc1C. The predicted molar refractivity (Wildman–Crippen MR) is 49.2 cm³/mol. The lowest BCUT2D eigenvalue weighted by atomic mass is 10.3. The second kappa shape index (κ2) is 4.36. The molecule has 0 bridgehead atoms. The minimum absolute atomic E-state index is 0.217. The highest BCUT2D eigenvalue weighted by Gasteiger charge is 2.10. The first-order valence-corrected chi connectivity index (χ1v) is 3.97. The first kappa shape index (κ1) is 9.40. The van der Waals surface area contributed by atoms with Crippen LogP contribution in [0.1, 0.15) is 23.0 Å². The Labute approximate surface area is 77.1 Å². The Morgan fingerprint density at radius 3 is 3.00 bits per heavy atom. The van der Waals surface area contributed by atoms with Gasteiger partial charge in [0.2, 0.25) is 0 Å². The number of hydrogen-bond donors (Lipinski definition) is 1. The van der Waals surface area contributed by atoms with Gasteiger partial charge in [-0.1, -0.05) is 5.92 Å². The van der Waals surface area contributed by atoms with Gasteiger partial charge in [-0.2, -0.15) is 0 Å². The van der Waals surface area contributed by atoms with Crippen LogP contribution in [0, 0.1) is 18.8 Å². The maximum absolute atomic E-state index is 11.3. The number of amides is 1. The summed E-state index contributed by atoms with van der Waals surface area (Å²) in [5.41, 5.74) is 0.835. The number of carbonyl (C=O) groups excluding carboxylic acids is 1. The summed E-state index contributed by atoms with van der Waals surface area (Å²) in [6.07, 6.45) is 1.50. The van der Waals surface area contributed by atoms with E-state index in [0.717, 1.165) is 5.56 Å². The van der Waals surface area contributed by atoms with Gasteiger partial charge in [-0.15, -0.1) is 5.92 Å². The van der Waals surface area contributed by atoms with Gasteiger partial charge >= 0.3 is 0 Å². The molecule has 0 atom stereocenters. The van der Waals surface area contributed by atoms with Gasteiger partial charge in [0.1, 0.15) is 0 Å². The Balaban J connectivity index is 2.57. The lowest BCUT2D eigenvalue weighted by Crippen LogP contribution is -2.23. The quantitative estimate of drug-likeness (QED) is 0.693. The molecule has 0 unspecified atom stereocenters. The van der Waals surface area contributed by atoms with E-state index in [4.69, 9.17) is 4.42 Å². The zero-order valence-electron chi connectivity index (χ0n) is 7.68. The molecule has 0 spiro atoms. The van der Waals surface area contributed by atoms with Crippen molar-refractivity contribution in [2.75, 3.05) is 6.54 Å². The van der Waals surface area contributed by atoms with Crippen LogP contribution in [-0.2, 0) is 0 Å². The Kier molecular flexibility index (Phi) is 3.15. The molecule has 3 nitrogen and oxygen atoms in total. The second-order valence-electron chi connectivity index (χ2n) is 2.54. The van der Waals surface area contributed by atoms with E-state index in [9.17, 15) is 4.79 Å².